The molecule has 1 atom stereocenters. The largest absolute Gasteiger partial charge is 0.480 e. The Hall–Kier alpha value is -1.98. The highest BCUT2D eigenvalue weighted by Gasteiger charge is 2.24. The van der Waals surface area contributed by atoms with Gasteiger partial charge in [-0.1, -0.05) is 0 Å². The predicted molar refractivity (Wildman–Crippen MR) is 65.2 cm³/mol. The van der Waals surface area contributed by atoms with E-state index in [1.807, 2.05) is 13.0 Å². The fourth-order valence-corrected chi connectivity index (χ4v) is 1.47. The van der Waals surface area contributed by atoms with Crippen LogP contribution in [0.2, 0.25) is 0 Å². The number of carbonyl (C=O) groups excluding carboxylic acids is 1. The van der Waals surface area contributed by atoms with Gasteiger partial charge in [0.15, 0.2) is 0 Å². The quantitative estimate of drug-likeness (QED) is 0.884. The van der Waals surface area contributed by atoms with Crippen LogP contribution in [0.5, 0.6) is 0 Å². The third-order valence-electron chi connectivity index (χ3n) is 2.76. The third-order valence-corrected chi connectivity index (χ3v) is 2.76. The van der Waals surface area contributed by atoms with Gasteiger partial charge in [-0.25, -0.2) is 9.59 Å². The van der Waals surface area contributed by atoms with Crippen molar-refractivity contribution < 1.29 is 19.1 Å². The van der Waals surface area contributed by atoms with E-state index < -0.39 is 12.0 Å². The van der Waals surface area contributed by atoms with Crippen molar-refractivity contribution in [2.45, 2.75) is 26.4 Å². The van der Waals surface area contributed by atoms with Gasteiger partial charge in [0.25, 0.3) is 0 Å². The molecule has 18 heavy (non-hydrogen) atoms. The number of furan rings is 1. The summed E-state index contributed by atoms with van der Waals surface area (Å²) in [5, 5.41) is 8.85. The van der Waals surface area contributed by atoms with Crippen LogP contribution < -0.4 is 0 Å². The van der Waals surface area contributed by atoms with Gasteiger partial charge in [0.1, 0.15) is 17.6 Å². The molecule has 0 bridgehead atoms. The lowest BCUT2D eigenvalue weighted by Crippen LogP contribution is -2.46. The summed E-state index contributed by atoms with van der Waals surface area (Å²) in [5.74, 6) is 0.408. The summed E-state index contributed by atoms with van der Waals surface area (Å²) in [6.07, 6.45) is 0. The lowest BCUT2D eigenvalue weighted by molar-refractivity contribution is -0.141. The van der Waals surface area contributed by atoms with Gasteiger partial charge in [-0.3, -0.25) is 0 Å². The summed E-state index contributed by atoms with van der Waals surface area (Å²) in [4.78, 5) is 25.3. The molecule has 6 heteroatoms. The average Bonchev–Trinajstić information content (AvgIpc) is 2.71. The van der Waals surface area contributed by atoms with Gasteiger partial charge in [0.05, 0.1) is 6.54 Å². The van der Waals surface area contributed by atoms with Crippen LogP contribution in [0, 0.1) is 6.92 Å². The number of aryl methyl sites for hydroxylation is 1. The molecule has 0 fully saturated rings. The average molecular weight is 254 g/mol. The number of carboxylic acids is 1. The van der Waals surface area contributed by atoms with E-state index in [-0.39, 0.29) is 6.03 Å². The standard InChI is InChI=1S/C12H18N2O4/c1-8-5-6-10(18-8)7-13(3)12(17)14(4)9(2)11(15)16/h5-6,9H,7H2,1-4H3,(H,15,16). The molecule has 6 nitrogen and oxygen atoms in total. The third kappa shape index (κ3) is 3.26. The summed E-state index contributed by atoms with van der Waals surface area (Å²) in [5.41, 5.74) is 0. The molecule has 0 saturated carbocycles. The molecule has 1 heterocycles. The molecule has 0 spiro atoms. The minimum atomic E-state index is -1.03. The van der Waals surface area contributed by atoms with E-state index in [2.05, 4.69) is 0 Å². The van der Waals surface area contributed by atoms with Crippen molar-refractivity contribution in [3.63, 3.8) is 0 Å². The van der Waals surface area contributed by atoms with Gasteiger partial charge in [0, 0.05) is 14.1 Å². The van der Waals surface area contributed by atoms with Gasteiger partial charge in [-0.15, -0.1) is 0 Å². The molecule has 0 aliphatic heterocycles. The molecule has 0 saturated heterocycles. The van der Waals surface area contributed by atoms with Crippen LogP contribution in [-0.4, -0.2) is 47.0 Å². The van der Waals surface area contributed by atoms with Gasteiger partial charge in [-0.05, 0) is 26.0 Å². The van der Waals surface area contributed by atoms with E-state index in [1.165, 1.54) is 23.8 Å². The Balaban J connectivity index is 2.63. The smallest absolute Gasteiger partial charge is 0.326 e. The molecule has 0 aliphatic rings. The first-order valence-corrected chi connectivity index (χ1v) is 5.59. The molecule has 0 aliphatic carbocycles. The number of rotatable bonds is 4. The van der Waals surface area contributed by atoms with Crippen LogP contribution >= 0.6 is 0 Å². The molecule has 1 aromatic rings. The first-order chi connectivity index (χ1) is 8.32. The number of hydrogen-bond donors (Lipinski definition) is 1. The van der Waals surface area contributed by atoms with Gasteiger partial charge >= 0.3 is 12.0 Å². The van der Waals surface area contributed by atoms with Crippen molar-refractivity contribution in [3.8, 4) is 0 Å². The van der Waals surface area contributed by atoms with Crippen LogP contribution in [-0.2, 0) is 11.3 Å². The number of carboxylic acid groups (broad SMARTS) is 1. The van der Waals surface area contributed by atoms with Crippen LogP contribution in [0.4, 0.5) is 4.79 Å². The first-order valence-electron chi connectivity index (χ1n) is 5.59. The number of aliphatic carboxylic acids is 1. The second-order valence-electron chi connectivity index (χ2n) is 4.28. The van der Waals surface area contributed by atoms with Crippen molar-refractivity contribution in [2.24, 2.45) is 0 Å². The van der Waals surface area contributed by atoms with E-state index in [9.17, 15) is 9.59 Å². The molecule has 1 rings (SSSR count). The summed E-state index contributed by atoms with van der Waals surface area (Å²) in [7, 11) is 3.07. The van der Waals surface area contributed by atoms with Crippen molar-refractivity contribution in [2.75, 3.05) is 14.1 Å². The SMILES string of the molecule is Cc1ccc(CN(C)C(=O)N(C)C(C)C(=O)O)o1. The number of likely N-dealkylation sites (N-methyl/N-ethyl adjacent to an activating group) is 1. The van der Waals surface area contributed by atoms with Crippen molar-refractivity contribution in [1.82, 2.24) is 9.80 Å². The highest BCUT2D eigenvalue weighted by atomic mass is 16.4. The predicted octanol–water partition coefficient (Wildman–Crippen LogP) is 1.54. The molecule has 1 N–H and O–H groups in total. The Morgan fingerprint density at radius 1 is 1.39 bits per heavy atom. The number of hydrogen-bond acceptors (Lipinski definition) is 3. The Morgan fingerprint density at radius 2 is 2.00 bits per heavy atom. The maximum atomic E-state index is 11.9. The summed E-state index contributed by atoms with van der Waals surface area (Å²) >= 11 is 0. The molecule has 0 aromatic carbocycles. The van der Waals surface area contributed by atoms with Crippen LogP contribution in [0.25, 0.3) is 0 Å². The van der Waals surface area contributed by atoms with Crippen molar-refractivity contribution in [1.29, 1.82) is 0 Å². The summed E-state index contributed by atoms with van der Waals surface area (Å²) in [6, 6.07) is 2.38. The van der Waals surface area contributed by atoms with Crippen LogP contribution in [0.3, 0.4) is 0 Å². The lowest BCUT2D eigenvalue weighted by Gasteiger charge is -2.27. The van der Waals surface area contributed by atoms with E-state index in [0.29, 0.717) is 12.3 Å². The zero-order chi connectivity index (χ0) is 13.9. The van der Waals surface area contributed by atoms with E-state index >= 15 is 0 Å². The summed E-state index contributed by atoms with van der Waals surface area (Å²) in [6.45, 7) is 3.60. The number of urea groups is 1. The van der Waals surface area contributed by atoms with E-state index in [1.54, 1.807) is 13.1 Å². The Morgan fingerprint density at radius 3 is 2.44 bits per heavy atom. The molecular formula is C12H18N2O4. The minimum Gasteiger partial charge on any atom is -0.480 e. The maximum absolute atomic E-state index is 11.9. The fraction of sp³-hybridized carbons (Fsp3) is 0.500. The highest BCUT2D eigenvalue weighted by Crippen LogP contribution is 2.10. The Kier molecular flexibility index (Phi) is 4.36. The maximum Gasteiger partial charge on any atom is 0.326 e. The first kappa shape index (κ1) is 14.1. The summed E-state index contributed by atoms with van der Waals surface area (Å²) < 4.78 is 5.36. The molecule has 0 radical (unpaired) electrons. The number of amides is 2. The van der Waals surface area contributed by atoms with Crippen molar-refractivity contribution in [3.05, 3.63) is 23.7 Å². The molecular weight excluding hydrogens is 236 g/mol. The van der Waals surface area contributed by atoms with E-state index in [0.717, 1.165) is 5.76 Å². The lowest BCUT2D eigenvalue weighted by atomic mass is 10.3. The number of nitrogens with zero attached hydrogens (tertiary/aromatic N) is 2. The monoisotopic (exact) mass is 254 g/mol. The van der Waals surface area contributed by atoms with Gasteiger partial charge < -0.3 is 19.3 Å². The Bertz CT molecular complexity index is 441. The Labute approximate surface area is 106 Å². The molecule has 1 aromatic heterocycles. The van der Waals surface area contributed by atoms with Gasteiger partial charge in [-0.2, -0.15) is 0 Å². The molecule has 2 amide bonds. The fourth-order valence-electron chi connectivity index (χ4n) is 1.47. The minimum absolute atomic E-state index is 0.309. The molecule has 1 unspecified atom stereocenters. The normalized spacial score (nSPS) is 12.0. The topological polar surface area (TPSA) is 74.0 Å². The van der Waals surface area contributed by atoms with Crippen molar-refractivity contribution >= 4 is 12.0 Å². The highest BCUT2D eigenvalue weighted by molar-refractivity contribution is 5.82. The van der Waals surface area contributed by atoms with Crippen LogP contribution in [0.1, 0.15) is 18.4 Å². The molecule has 100 valence electrons. The zero-order valence-electron chi connectivity index (χ0n) is 11.0. The van der Waals surface area contributed by atoms with Gasteiger partial charge in [0.2, 0.25) is 0 Å². The second-order valence-corrected chi connectivity index (χ2v) is 4.28. The zero-order valence-corrected chi connectivity index (χ0v) is 11.0. The van der Waals surface area contributed by atoms with E-state index in [4.69, 9.17) is 9.52 Å². The number of carbonyl (C=O) groups is 2. The second kappa shape index (κ2) is 5.57. The van der Waals surface area contributed by atoms with Crippen LogP contribution in [0.15, 0.2) is 16.5 Å².